The predicted octanol–water partition coefficient (Wildman–Crippen LogP) is 3.40. The number of ether oxygens (including phenoxy) is 1. The molecule has 0 saturated carbocycles. The Labute approximate surface area is 188 Å². The molecule has 9 heteroatoms. The fourth-order valence-corrected chi connectivity index (χ4v) is 4.01. The zero-order chi connectivity index (χ0) is 23.3. The summed E-state index contributed by atoms with van der Waals surface area (Å²) in [6.07, 6.45) is 1.42. The second-order valence-electron chi connectivity index (χ2n) is 7.62. The third-order valence-electron chi connectivity index (χ3n) is 5.51. The maximum absolute atomic E-state index is 13.5. The topological polar surface area (TPSA) is 106 Å². The highest BCUT2D eigenvalue weighted by Gasteiger charge is 2.40. The van der Waals surface area contributed by atoms with Gasteiger partial charge in [-0.25, -0.2) is 14.6 Å². The van der Waals surface area contributed by atoms with E-state index >= 15 is 0 Å². The molecule has 164 valence electrons. The molecule has 5 rings (SSSR count). The Morgan fingerprint density at radius 3 is 2.33 bits per heavy atom. The van der Waals surface area contributed by atoms with Gasteiger partial charge in [0, 0.05) is 31.4 Å². The lowest BCUT2D eigenvalue weighted by atomic mass is 10.0. The average molecular weight is 441 g/mol. The highest BCUT2D eigenvalue weighted by molar-refractivity contribution is 6.38. The molecule has 0 radical (unpaired) electrons. The van der Waals surface area contributed by atoms with E-state index in [1.54, 1.807) is 43.1 Å². The van der Waals surface area contributed by atoms with Gasteiger partial charge in [-0.15, -0.1) is 0 Å². The minimum Gasteiger partial charge on any atom is -0.497 e. The molecule has 0 atom stereocenters. The molecular formula is C24H19N5O4. The number of rotatable bonds is 4. The molecule has 0 saturated heterocycles. The van der Waals surface area contributed by atoms with Crippen LogP contribution in [-0.2, 0) is 11.8 Å². The summed E-state index contributed by atoms with van der Waals surface area (Å²) in [5.41, 5.74) is 3.30. The molecule has 0 unspecified atom stereocenters. The van der Waals surface area contributed by atoms with Crippen molar-refractivity contribution in [2.45, 2.75) is 6.92 Å². The molecule has 9 nitrogen and oxygen atoms in total. The van der Waals surface area contributed by atoms with E-state index in [0.29, 0.717) is 33.9 Å². The maximum Gasteiger partial charge on any atom is 0.267 e. The number of benzene rings is 2. The molecule has 2 aromatic carbocycles. The molecule has 1 N–H and O–H groups in total. The van der Waals surface area contributed by atoms with Crippen molar-refractivity contribution in [3.63, 3.8) is 0 Å². The van der Waals surface area contributed by atoms with Crippen LogP contribution < -0.4 is 15.0 Å². The summed E-state index contributed by atoms with van der Waals surface area (Å²) in [7, 11) is 3.33. The highest BCUT2D eigenvalue weighted by atomic mass is 16.5. The van der Waals surface area contributed by atoms with Crippen LogP contribution in [0.5, 0.6) is 5.75 Å². The Hall–Kier alpha value is -4.53. The van der Waals surface area contributed by atoms with Gasteiger partial charge >= 0.3 is 0 Å². The van der Waals surface area contributed by atoms with Gasteiger partial charge in [0.25, 0.3) is 11.8 Å². The molecule has 0 spiro atoms. The van der Waals surface area contributed by atoms with E-state index in [0.717, 1.165) is 10.5 Å². The van der Waals surface area contributed by atoms with Gasteiger partial charge in [0.2, 0.25) is 5.91 Å². The van der Waals surface area contributed by atoms with Crippen molar-refractivity contribution in [1.29, 1.82) is 0 Å². The smallest absolute Gasteiger partial charge is 0.267 e. The third-order valence-corrected chi connectivity index (χ3v) is 5.51. The number of nitrogens with zero attached hydrogens (tertiary/aromatic N) is 4. The second-order valence-corrected chi connectivity index (χ2v) is 7.62. The van der Waals surface area contributed by atoms with Crippen LogP contribution >= 0.6 is 0 Å². The largest absolute Gasteiger partial charge is 0.497 e. The van der Waals surface area contributed by atoms with Gasteiger partial charge in [-0.05, 0) is 48.5 Å². The van der Waals surface area contributed by atoms with Crippen LogP contribution in [0.15, 0.2) is 54.7 Å². The summed E-state index contributed by atoms with van der Waals surface area (Å²) in [5.74, 6) is -0.416. The number of aryl methyl sites for hydroxylation is 1. The van der Waals surface area contributed by atoms with E-state index in [1.807, 2.05) is 24.3 Å². The number of nitrogens with one attached hydrogen (secondary N) is 1. The molecule has 3 amide bonds. The zero-order valence-electron chi connectivity index (χ0n) is 18.1. The van der Waals surface area contributed by atoms with Crippen LogP contribution in [-0.4, -0.2) is 39.6 Å². The van der Waals surface area contributed by atoms with Gasteiger partial charge < -0.3 is 10.1 Å². The quantitative estimate of drug-likeness (QED) is 0.487. The lowest BCUT2D eigenvalue weighted by Gasteiger charge is -2.14. The fourth-order valence-electron chi connectivity index (χ4n) is 4.01. The normalized spacial score (nSPS) is 12.9. The number of aromatic nitrogens is 3. The first-order valence-corrected chi connectivity index (χ1v) is 10.2. The number of hydrogen-bond acceptors (Lipinski definition) is 6. The molecule has 0 aliphatic carbocycles. The number of carbonyl (C=O) groups is 3. The fraction of sp³-hybridized carbons (Fsp3) is 0.125. The molecule has 0 fully saturated rings. The van der Waals surface area contributed by atoms with Crippen molar-refractivity contribution in [3.05, 3.63) is 65.9 Å². The Balaban J connectivity index is 1.63. The molecular weight excluding hydrogens is 422 g/mol. The van der Waals surface area contributed by atoms with E-state index in [1.165, 1.54) is 13.1 Å². The predicted molar refractivity (Wildman–Crippen MR) is 122 cm³/mol. The summed E-state index contributed by atoms with van der Waals surface area (Å²) in [5, 5.41) is 7.77. The van der Waals surface area contributed by atoms with Crippen molar-refractivity contribution in [1.82, 2.24) is 14.8 Å². The van der Waals surface area contributed by atoms with Crippen LogP contribution in [0, 0.1) is 0 Å². The van der Waals surface area contributed by atoms with Crippen molar-refractivity contribution in [2.75, 3.05) is 17.3 Å². The van der Waals surface area contributed by atoms with E-state index in [-0.39, 0.29) is 17.0 Å². The number of imide groups is 1. The van der Waals surface area contributed by atoms with Crippen LogP contribution in [0.25, 0.3) is 22.3 Å². The number of anilines is 2. The van der Waals surface area contributed by atoms with Crippen molar-refractivity contribution < 1.29 is 19.1 Å². The molecule has 3 heterocycles. The number of fused-ring (bicyclic) bond motifs is 3. The van der Waals surface area contributed by atoms with Gasteiger partial charge in [-0.1, -0.05) is 0 Å². The zero-order valence-corrected chi connectivity index (χ0v) is 18.1. The lowest BCUT2D eigenvalue weighted by Crippen LogP contribution is -2.29. The number of methoxy groups -OCH3 is 1. The minimum atomic E-state index is -0.457. The first-order chi connectivity index (χ1) is 15.9. The summed E-state index contributed by atoms with van der Waals surface area (Å²) < 4.78 is 6.82. The molecule has 4 aromatic rings. The van der Waals surface area contributed by atoms with Crippen molar-refractivity contribution >= 4 is 40.1 Å². The van der Waals surface area contributed by atoms with Gasteiger partial charge in [-0.2, -0.15) is 5.10 Å². The van der Waals surface area contributed by atoms with E-state index in [2.05, 4.69) is 15.4 Å². The molecule has 33 heavy (non-hydrogen) atoms. The van der Waals surface area contributed by atoms with Crippen molar-refractivity contribution in [3.8, 4) is 17.0 Å². The first kappa shape index (κ1) is 20.4. The number of hydrogen-bond donors (Lipinski definition) is 1. The third kappa shape index (κ3) is 3.21. The Morgan fingerprint density at radius 1 is 1.00 bits per heavy atom. The Bertz CT molecular complexity index is 1440. The van der Waals surface area contributed by atoms with Gasteiger partial charge in [0.05, 0.1) is 29.3 Å². The van der Waals surface area contributed by atoms with Crippen LogP contribution in [0.1, 0.15) is 27.6 Å². The Morgan fingerprint density at radius 2 is 1.70 bits per heavy atom. The van der Waals surface area contributed by atoms with Gasteiger partial charge in [-0.3, -0.25) is 14.4 Å². The number of pyridine rings is 1. The number of carbonyl (C=O) groups excluding carboxylic acids is 3. The van der Waals surface area contributed by atoms with Gasteiger partial charge in [0.15, 0.2) is 5.65 Å². The molecule has 1 aliphatic rings. The lowest BCUT2D eigenvalue weighted by molar-refractivity contribution is -0.114. The van der Waals surface area contributed by atoms with Crippen LogP contribution in [0.2, 0.25) is 0 Å². The van der Waals surface area contributed by atoms with E-state index in [4.69, 9.17) is 4.74 Å². The summed E-state index contributed by atoms with van der Waals surface area (Å²) >= 11 is 0. The molecule has 2 aromatic heterocycles. The summed E-state index contributed by atoms with van der Waals surface area (Å²) in [6, 6.07) is 13.8. The summed E-state index contributed by atoms with van der Waals surface area (Å²) in [4.78, 5) is 43.5. The Kier molecular flexibility index (Phi) is 4.67. The standard InChI is InChI=1S/C24H19N5O4/c1-13(30)26-15-6-8-16(9-7-15)29-23(31)18-12-25-22-20(19(18)24(29)32)21(27-28(22)2)14-4-10-17(33-3)11-5-14/h4-12H,1-3H3,(H,26,30). The van der Waals surface area contributed by atoms with E-state index < -0.39 is 11.8 Å². The highest BCUT2D eigenvalue weighted by Crippen LogP contribution is 2.37. The second kappa shape index (κ2) is 7.56. The van der Waals surface area contributed by atoms with E-state index in [9.17, 15) is 14.4 Å². The van der Waals surface area contributed by atoms with Crippen molar-refractivity contribution in [2.24, 2.45) is 7.05 Å². The van der Waals surface area contributed by atoms with Crippen LogP contribution in [0.4, 0.5) is 11.4 Å². The monoisotopic (exact) mass is 441 g/mol. The molecule has 1 aliphatic heterocycles. The summed E-state index contributed by atoms with van der Waals surface area (Å²) in [6.45, 7) is 1.41. The minimum absolute atomic E-state index is 0.209. The SMILES string of the molecule is COc1ccc(-c2nn(C)c3ncc4c(c23)C(=O)N(c2ccc(NC(C)=O)cc2)C4=O)cc1. The first-order valence-electron chi connectivity index (χ1n) is 10.2. The van der Waals surface area contributed by atoms with Gasteiger partial charge in [0.1, 0.15) is 11.4 Å². The molecule has 0 bridgehead atoms. The average Bonchev–Trinajstić information content (AvgIpc) is 3.28. The number of amides is 3. The maximum atomic E-state index is 13.5. The van der Waals surface area contributed by atoms with Crippen LogP contribution in [0.3, 0.4) is 0 Å².